The molecule has 4 aliphatic rings. The Balaban J connectivity index is 1.68. The SMILES string of the molecule is C[C@H]1CC2C3C(O)C[C@@H]4C[C@H](O)CC[C@]4(C)C3CC[C@]2(C)[C@@H]1O. The van der Waals surface area contributed by atoms with Gasteiger partial charge in [-0.1, -0.05) is 20.8 Å². The number of hydrogen-bond acceptors (Lipinski definition) is 3. The number of rotatable bonds is 0. The summed E-state index contributed by atoms with van der Waals surface area (Å²) in [6.45, 7) is 6.89. The molecule has 4 fully saturated rings. The van der Waals surface area contributed by atoms with E-state index in [9.17, 15) is 15.3 Å². The monoisotopic (exact) mass is 322 g/mol. The van der Waals surface area contributed by atoms with Gasteiger partial charge in [0.1, 0.15) is 0 Å². The molecule has 4 aliphatic carbocycles. The first-order valence-corrected chi connectivity index (χ1v) is 9.81. The smallest absolute Gasteiger partial charge is 0.0622 e. The van der Waals surface area contributed by atoms with Gasteiger partial charge in [0, 0.05) is 0 Å². The first kappa shape index (κ1) is 16.4. The van der Waals surface area contributed by atoms with Crippen LogP contribution < -0.4 is 0 Å². The molecule has 0 radical (unpaired) electrons. The predicted molar refractivity (Wildman–Crippen MR) is 89.7 cm³/mol. The lowest BCUT2D eigenvalue weighted by atomic mass is 9.44. The Bertz CT molecular complexity index is 480. The van der Waals surface area contributed by atoms with Crippen LogP contribution in [0.15, 0.2) is 0 Å². The molecule has 0 aromatic heterocycles. The summed E-state index contributed by atoms with van der Waals surface area (Å²) in [5.41, 5.74) is 0.278. The Kier molecular flexibility index (Phi) is 3.69. The van der Waals surface area contributed by atoms with Gasteiger partial charge in [-0.25, -0.2) is 0 Å². The molecule has 0 aromatic rings. The summed E-state index contributed by atoms with van der Waals surface area (Å²) in [5.74, 6) is 2.21. The van der Waals surface area contributed by atoms with Gasteiger partial charge in [0.2, 0.25) is 0 Å². The maximum atomic E-state index is 11.0. The lowest BCUT2D eigenvalue weighted by Crippen LogP contribution is -2.58. The van der Waals surface area contributed by atoms with Crippen molar-refractivity contribution < 1.29 is 15.3 Å². The van der Waals surface area contributed by atoms with E-state index in [1.807, 2.05) is 0 Å². The van der Waals surface area contributed by atoms with E-state index in [-0.39, 0.29) is 29.1 Å². The third-order valence-corrected chi connectivity index (χ3v) is 8.93. The van der Waals surface area contributed by atoms with Crippen molar-refractivity contribution in [1.29, 1.82) is 0 Å². The normalized spacial score (nSPS) is 62.3. The Morgan fingerprint density at radius 1 is 0.826 bits per heavy atom. The van der Waals surface area contributed by atoms with Crippen LogP contribution in [0.5, 0.6) is 0 Å². The molecule has 0 heterocycles. The van der Waals surface area contributed by atoms with E-state index in [0.29, 0.717) is 29.6 Å². The van der Waals surface area contributed by atoms with Gasteiger partial charge in [0.15, 0.2) is 0 Å². The fraction of sp³-hybridized carbons (Fsp3) is 1.00. The second-order valence-electron chi connectivity index (χ2n) is 9.93. The lowest BCUT2D eigenvalue weighted by molar-refractivity contribution is -0.177. The molecular formula is C20H34O3. The van der Waals surface area contributed by atoms with Gasteiger partial charge in [0.05, 0.1) is 18.3 Å². The van der Waals surface area contributed by atoms with E-state index in [4.69, 9.17) is 0 Å². The van der Waals surface area contributed by atoms with E-state index in [0.717, 1.165) is 44.9 Å². The van der Waals surface area contributed by atoms with Gasteiger partial charge in [-0.2, -0.15) is 0 Å². The second-order valence-corrected chi connectivity index (χ2v) is 9.93. The van der Waals surface area contributed by atoms with Crippen molar-refractivity contribution in [2.75, 3.05) is 0 Å². The molecule has 0 aromatic carbocycles. The minimum atomic E-state index is -0.245. The minimum Gasteiger partial charge on any atom is -0.393 e. The number of hydrogen-bond donors (Lipinski definition) is 3. The van der Waals surface area contributed by atoms with E-state index in [2.05, 4.69) is 20.8 Å². The zero-order valence-corrected chi connectivity index (χ0v) is 14.9. The fourth-order valence-corrected chi connectivity index (χ4v) is 7.54. The van der Waals surface area contributed by atoms with Crippen molar-refractivity contribution in [2.24, 2.45) is 40.4 Å². The van der Waals surface area contributed by atoms with Gasteiger partial charge in [-0.05, 0) is 85.4 Å². The quantitative estimate of drug-likeness (QED) is 0.642. The van der Waals surface area contributed by atoms with Crippen LogP contribution in [0.1, 0.15) is 65.7 Å². The fourth-order valence-electron chi connectivity index (χ4n) is 7.54. The highest BCUT2D eigenvalue weighted by Crippen LogP contribution is 2.66. The van der Waals surface area contributed by atoms with Crippen molar-refractivity contribution >= 4 is 0 Å². The molecule has 0 amide bonds. The molecule has 4 saturated carbocycles. The Morgan fingerprint density at radius 3 is 2.26 bits per heavy atom. The van der Waals surface area contributed by atoms with Gasteiger partial charge < -0.3 is 15.3 Å². The van der Waals surface area contributed by atoms with Crippen LogP contribution >= 0.6 is 0 Å². The highest BCUT2D eigenvalue weighted by molar-refractivity contribution is 5.12. The summed E-state index contributed by atoms with van der Waals surface area (Å²) < 4.78 is 0. The van der Waals surface area contributed by atoms with Crippen LogP contribution in [-0.4, -0.2) is 33.6 Å². The molecule has 0 bridgehead atoms. The molecule has 132 valence electrons. The summed E-state index contributed by atoms with van der Waals surface area (Å²) in [4.78, 5) is 0. The second kappa shape index (κ2) is 5.19. The van der Waals surface area contributed by atoms with E-state index < -0.39 is 0 Å². The number of aliphatic hydroxyl groups is 3. The molecule has 3 nitrogen and oxygen atoms in total. The molecule has 0 aliphatic heterocycles. The van der Waals surface area contributed by atoms with Crippen LogP contribution in [0.25, 0.3) is 0 Å². The summed E-state index contributed by atoms with van der Waals surface area (Å²) in [5, 5.41) is 31.9. The Hall–Kier alpha value is -0.120. The van der Waals surface area contributed by atoms with E-state index >= 15 is 0 Å². The van der Waals surface area contributed by atoms with Crippen LogP contribution in [-0.2, 0) is 0 Å². The van der Waals surface area contributed by atoms with Crippen molar-refractivity contribution in [2.45, 2.75) is 84.0 Å². The molecule has 10 atom stereocenters. The van der Waals surface area contributed by atoms with Gasteiger partial charge >= 0.3 is 0 Å². The van der Waals surface area contributed by atoms with Gasteiger partial charge in [-0.3, -0.25) is 0 Å². The maximum absolute atomic E-state index is 11.0. The van der Waals surface area contributed by atoms with Gasteiger partial charge in [0.25, 0.3) is 0 Å². The average molecular weight is 322 g/mol. The largest absolute Gasteiger partial charge is 0.393 e. The van der Waals surface area contributed by atoms with Crippen LogP contribution in [0.3, 0.4) is 0 Å². The molecular weight excluding hydrogens is 288 g/mol. The number of aliphatic hydroxyl groups excluding tert-OH is 3. The first-order valence-electron chi connectivity index (χ1n) is 9.81. The molecule has 3 heteroatoms. The standard InChI is InChI=1S/C20H34O3/c1-11-8-15-17-14(5-7-20(15,3)18(11)23)19(2)6-4-13(21)9-12(19)10-16(17)22/h11-18,21-23H,4-10H2,1-3H3/t11-,12-,13+,14?,15?,16?,17?,18+,19-,20-/m0/s1. The first-order chi connectivity index (χ1) is 10.8. The highest BCUT2D eigenvalue weighted by Gasteiger charge is 2.63. The zero-order valence-electron chi connectivity index (χ0n) is 14.9. The lowest BCUT2D eigenvalue weighted by Gasteiger charge is -2.61. The topological polar surface area (TPSA) is 60.7 Å². The zero-order chi connectivity index (χ0) is 16.6. The minimum absolute atomic E-state index is 0.00105. The average Bonchev–Trinajstić information content (AvgIpc) is 2.73. The highest BCUT2D eigenvalue weighted by atomic mass is 16.3. The van der Waals surface area contributed by atoms with Gasteiger partial charge in [-0.15, -0.1) is 0 Å². The number of fused-ring (bicyclic) bond motifs is 5. The molecule has 4 unspecified atom stereocenters. The molecule has 0 spiro atoms. The maximum Gasteiger partial charge on any atom is 0.0622 e. The van der Waals surface area contributed by atoms with Crippen molar-refractivity contribution in [3.8, 4) is 0 Å². The summed E-state index contributed by atoms with van der Waals surface area (Å²) >= 11 is 0. The van der Waals surface area contributed by atoms with Crippen LogP contribution in [0.4, 0.5) is 0 Å². The molecule has 3 N–H and O–H groups in total. The van der Waals surface area contributed by atoms with Crippen molar-refractivity contribution in [3.05, 3.63) is 0 Å². The summed E-state index contributed by atoms with van der Waals surface area (Å²) in [6.07, 6.45) is 6.44. The Labute approximate surface area is 140 Å². The van der Waals surface area contributed by atoms with Crippen molar-refractivity contribution in [1.82, 2.24) is 0 Å². The van der Waals surface area contributed by atoms with E-state index in [1.54, 1.807) is 0 Å². The molecule has 23 heavy (non-hydrogen) atoms. The van der Waals surface area contributed by atoms with Crippen molar-refractivity contribution in [3.63, 3.8) is 0 Å². The van der Waals surface area contributed by atoms with E-state index in [1.165, 1.54) is 0 Å². The summed E-state index contributed by atoms with van der Waals surface area (Å²) in [6, 6.07) is 0. The molecule has 0 saturated heterocycles. The van der Waals surface area contributed by atoms with Crippen LogP contribution in [0.2, 0.25) is 0 Å². The van der Waals surface area contributed by atoms with Crippen LogP contribution in [0, 0.1) is 40.4 Å². The summed E-state index contributed by atoms with van der Waals surface area (Å²) in [7, 11) is 0. The third kappa shape index (κ3) is 2.12. The third-order valence-electron chi connectivity index (χ3n) is 8.93. The predicted octanol–water partition coefficient (Wildman–Crippen LogP) is 2.97. The Morgan fingerprint density at radius 2 is 1.52 bits per heavy atom. The molecule has 4 rings (SSSR count).